The molecule has 0 saturated heterocycles. The number of nitrogens with zero attached hydrogens (tertiary/aromatic N) is 1. The van der Waals surface area contributed by atoms with Crippen LogP contribution in [-0.2, 0) is 16.0 Å². The van der Waals surface area contributed by atoms with Crippen LogP contribution in [0, 0.1) is 0 Å². The highest BCUT2D eigenvalue weighted by molar-refractivity contribution is 5.91. The summed E-state index contributed by atoms with van der Waals surface area (Å²) in [5.74, 6) is -0.500. The molecule has 0 aliphatic carbocycles. The van der Waals surface area contributed by atoms with Crippen LogP contribution >= 0.6 is 0 Å². The van der Waals surface area contributed by atoms with Gasteiger partial charge in [-0.25, -0.2) is 4.79 Å². The van der Waals surface area contributed by atoms with Crippen molar-refractivity contribution in [2.75, 3.05) is 11.9 Å². The minimum absolute atomic E-state index is 0.0540. The molecule has 5 heteroatoms. The molecule has 3 atom stereocenters. The van der Waals surface area contributed by atoms with Gasteiger partial charge in [0.25, 0.3) is 0 Å². The van der Waals surface area contributed by atoms with Gasteiger partial charge in [0.15, 0.2) is 0 Å². The lowest BCUT2D eigenvalue weighted by Gasteiger charge is -2.38. The van der Waals surface area contributed by atoms with E-state index < -0.39 is 12.0 Å². The van der Waals surface area contributed by atoms with E-state index in [0.717, 1.165) is 24.1 Å². The van der Waals surface area contributed by atoms with E-state index in [4.69, 9.17) is 4.74 Å². The second-order valence-electron chi connectivity index (χ2n) is 9.63. The number of carbonyl (C=O) groups is 2. The SMILES string of the molecule is O=C(OC[C@@H](c1ccccc1)N1C(=O)C=C[C@H]1[C@H](CCc1ccccc1)Nc1ccccc1)c1ccccc1. The standard InChI is InChI=1S/C34H32N2O3/c37-33-24-23-31(30(35-29-19-11-4-12-20-29)22-21-26-13-5-1-6-14-26)36(33)32(27-15-7-2-8-16-27)25-39-34(38)28-17-9-3-10-18-28/h1-20,23-24,30-32,35H,21-22,25H2/t30-,31-,32-/m0/s1. The van der Waals surface area contributed by atoms with Gasteiger partial charge < -0.3 is 15.0 Å². The Morgan fingerprint density at radius 2 is 1.38 bits per heavy atom. The number of rotatable bonds is 11. The van der Waals surface area contributed by atoms with Crippen molar-refractivity contribution in [3.8, 4) is 0 Å². The molecule has 0 spiro atoms. The van der Waals surface area contributed by atoms with Gasteiger partial charge in [0.1, 0.15) is 6.61 Å². The molecule has 0 unspecified atom stereocenters. The second-order valence-corrected chi connectivity index (χ2v) is 9.63. The summed E-state index contributed by atoms with van der Waals surface area (Å²) in [6.07, 6.45) is 5.28. The fourth-order valence-corrected chi connectivity index (χ4v) is 5.06. The molecule has 0 fully saturated rings. The molecule has 5 nitrogen and oxygen atoms in total. The maximum atomic E-state index is 13.4. The van der Waals surface area contributed by atoms with E-state index in [1.54, 1.807) is 18.2 Å². The van der Waals surface area contributed by atoms with Crippen molar-refractivity contribution >= 4 is 17.6 Å². The molecule has 196 valence electrons. The first-order valence-electron chi connectivity index (χ1n) is 13.3. The highest BCUT2D eigenvalue weighted by atomic mass is 16.5. The third kappa shape index (κ3) is 6.63. The van der Waals surface area contributed by atoms with Crippen LogP contribution in [0.1, 0.15) is 33.9 Å². The highest BCUT2D eigenvalue weighted by Gasteiger charge is 2.38. The number of hydrogen-bond acceptors (Lipinski definition) is 4. The maximum absolute atomic E-state index is 13.4. The average Bonchev–Trinajstić information content (AvgIpc) is 3.38. The lowest BCUT2D eigenvalue weighted by molar-refractivity contribution is -0.130. The predicted octanol–water partition coefficient (Wildman–Crippen LogP) is 6.47. The van der Waals surface area contributed by atoms with E-state index in [-0.39, 0.29) is 24.6 Å². The third-order valence-corrected chi connectivity index (χ3v) is 7.04. The van der Waals surface area contributed by atoms with Crippen molar-refractivity contribution in [2.45, 2.75) is 31.0 Å². The number of carbonyl (C=O) groups excluding carboxylic acids is 2. The summed E-state index contributed by atoms with van der Waals surface area (Å²) in [6, 6.07) is 38.4. The van der Waals surface area contributed by atoms with Crippen LogP contribution in [0.5, 0.6) is 0 Å². The first-order valence-corrected chi connectivity index (χ1v) is 13.3. The topological polar surface area (TPSA) is 58.6 Å². The minimum Gasteiger partial charge on any atom is -0.460 e. The van der Waals surface area contributed by atoms with Crippen LogP contribution in [0.2, 0.25) is 0 Å². The number of esters is 1. The Kier molecular flexibility index (Phi) is 8.49. The molecular weight excluding hydrogens is 484 g/mol. The maximum Gasteiger partial charge on any atom is 0.338 e. The number of amides is 1. The number of aryl methyl sites for hydroxylation is 1. The summed E-state index contributed by atoms with van der Waals surface area (Å²) in [7, 11) is 0. The van der Waals surface area contributed by atoms with Crippen LogP contribution in [-0.4, -0.2) is 35.5 Å². The summed E-state index contributed by atoms with van der Waals surface area (Å²) in [5.41, 5.74) is 3.64. The van der Waals surface area contributed by atoms with E-state index in [0.29, 0.717) is 5.56 Å². The van der Waals surface area contributed by atoms with E-state index in [1.165, 1.54) is 5.56 Å². The van der Waals surface area contributed by atoms with Gasteiger partial charge in [-0.1, -0.05) is 103 Å². The van der Waals surface area contributed by atoms with Gasteiger partial charge in [-0.3, -0.25) is 4.79 Å². The minimum atomic E-state index is -0.442. The van der Waals surface area contributed by atoms with Crippen LogP contribution in [0.3, 0.4) is 0 Å². The van der Waals surface area contributed by atoms with Crippen molar-refractivity contribution in [1.82, 2.24) is 4.90 Å². The van der Waals surface area contributed by atoms with Crippen molar-refractivity contribution in [3.63, 3.8) is 0 Å². The Morgan fingerprint density at radius 3 is 2.05 bits per heavy atom. The average molecular weight is 517 g/mol. The largest absolute Gasteiger partial charge is 0.460 e. The summed E-state index contributed by atoms with van der Waals surface area (Å²) >= 11 is 0. The third-order valence-electron chi connectivity index (χ3n) is 7.04. The van der Waals surface area contributed by atoms with Crippen LogP contribution in [0.25, 0.3) is 0 Å². The molecule has 5 rings (SSSR count). The molecule has 4 aromatic carbocycles. The van der Waals surface area contributed by atoms with E-state index in [1.807, 2.05) is 108 Å². The smallest absolute Gasteiger partial charge is 0.338 e. The van der Waals surface area contributed by atoms with Crippen molar-refractivity contribution in [1.29, 1.82) is 0 Å². The molecule has 0 aromatic heterocycles. The van der Waals surface area contributed by atoms with Crippen molar-refractivity contribution < 1.29 is 14.3 Å². The fraction of sp³-hybridized carbons (Fsp3) is 0.176. The first kappa shape index (κ1) is 26.0. The number of benzene rings is 4. The molecule has 1 heterocycles. The lowest BCUT2D eigenvalue weighted by atomic mass is 9.96. The molecule has 1 aliphatic heterocycles. The Labute approximate surface area is 229 Å². The monoisotopic (exact) mass is 516 g/mol. The quantitative estimate of drug-likeness (QED) is 0.232. The van der Waals surface area contributed by atoms with Crippen LogP contribution < -0.4 is 5.32 Å². The molecule has 0 radical (unpaired) electrons. The molecule has 1 N–H and O–H groups in total. The predicted molar refractivity (Wildman–Crippen MR) is 154 cm³/mol. The van der Waals surface area contributed by atoms with Gasteiger partial charge in [-0.05, 0) is 48.2 Å². The summed E-state index contributed by atoms with van der Waals surface area (Å²) < 4.78 is 5.80. The van der Waals surface area contributed by atoms with E-state index in [9.17, 15) is 9.59 Å². The summed E-state index contributed by atoms with van der Waals surface area (Å²) in [5, 5.41) is 3.69. The molecule has 4 aromatic rings. The molecule has 0 bridgehead atoms. The zero-order valence-electron chi connectivity index (χ0n) is 21.7. The van der Waals surface area contributed by atoms with Gasteiger partial charge >= 0.3 is 5.97 Å². The Balaban J connectivity index is 1.42. The van der Waals surface area contributed by atoms with E-state index >= 15 is 0 Å². The molecule has 1 amide bonds. The highest BCUT2D eigenvalue weighted by Crippen LogP contribution is 2.31. The lowest BCUT2D eigenvalue weighted by Crippen LogP contribution is -2.48. The molecular formula is C34H32N2O3. The second kappa shape index (κ2) is 12.7. The fourth-order valence-electron chi connectivity index (χ4n) is 5.06. The van der Waals surface area contributed by atoms with Gasteiger partial charge in [-0.15, -0.1) is 0 Å². The van der Waals surface area contributed by atoms with Gasteiger partial charge in [0, 0.05) is 11.8 Å². The summed E-state index contributed by atoms with van der Waals surface area (Å²) in [6.45, 7) is 0.0540. The normalized spacial score (nSPS) is 16.1. The van der Waals surface area contributed by atoms with Gasteiger partial charge in [-0.2, -0.15) is 0 Å². The number of anilines is 1. The first-order chi connectivity index (χ1) is 19.2. The van der Waals surface area contributed by atoms with Gasteiger partial charge in [0.2, 0.25) is 5.91 Å². The Bertz CT molecular complexity index is 1380. The van der Waals surface area contributed by atoms with E-state index in [2.05, 4.69) is 17.4 Å². The number of hydrogen-bond donors (Lipinski definition) is 1. The number of ether oxygens (including phenoxy) is 1. The summed E-state index contributed by atoms with van der Waals surface area (Å²) in [4.78, 5) is 28.1. The van der Waals surface area contributed by atoms with Crippen LogP contribution in [0.4, 0.5) is 5.69 Å². The number of nitrogens with one attached hydrogen (secondary N) is 1. The Hall–Kier alpha value is -4.64. The van der Waals surface area contributed by atoms with Crippen LogP contribution in [0.15, 0.2) is 133 Å². The zero-order valence-corrected chi connectivity index (χ0v) is 21.7. The van der Waals surface area contributed by atoms with Crippen molar-refractivity contribution in [3.05, 3.63) is 150 Å². The zero-order chi connectivity index (χ0) is 26.9. The molecule has 0 saturated carbocycles. The molecule has 1 aliphatic rings. The van der Waals surface area contributed by atoms with Gasteiger partial charge in [0.05, 0.1) is 23.7 Å². The number of para-hydroxylation sites is 1. The Morgan fingerprint density at radius 1 is 0.795 bits per heavy atom. The molecule has 39 heavy (non-hydrogen) atoms. The van der Waals surface area contributed by atoms with Crippen molar-refractivity contribution in [2.24, 2.45) is 0 Å².